The zero-order valence-corrected chi connectivity index (χ0v) is 18.3. The van der Waals surface area contributed by atoms with Crippen molar-refractivity contribution >= 4 is 28.2 Å². The average molecular weight is 424 g/mol. The lowest BCUT2D eigenvalue weighted by atomic mass is 10.2. The topological polar surface area (TPSA) is 35.5 Å². The molecular formula is C27H29N5. The Morgan fingerprint density at radius 1 is 0.688 bits per heavy atom. The van der Waals surface area contributed by atoms with E-state index in [2.05, 4.69) is 80.3 Å². The summed E-state index contributed by atoms with van der Waals surface area (Å²) in [5, 5.41) is 0. The second-order valence-electron chi connectivity index (χ2n) is 8.22. The Labute approximate surface area is 189 Å². The van der Waals surface area contributed by atoms with Gasteiger partial charge in [-0.3, -0.25) is 9.88 Å². The lowest BCUT2D eigenvalue weighted by Gasteiger charge is -2.35. The van der Waals surface area contributed by atoms with Gasteiger partial charge in [-0.1, -0.05) is 48.5 Å². The molecule has 2 heterocycles. The zero-order valence-electron chi connectivity index (χ0n) is 18.3. The van der Waals surface area contributed by atoms with Gasteiger partial charge >= 0.3 is 0 Å². The Hall–Kier alpha value is -3.44. The van der Waals surface area contributed by atoms with E-state index in [4.69, 9.17) is 4.98 Å². The van der Waals surface area contributed by atoms with Gasteiger partial charge in [0.2, 0.25) is 0 Å². The Morgan fingerprint density at radius 3 is 1.94 bits per heavy atom. The second kappa shape index (κ2) is 9.79. The van der Waals surface area contributed by atoms with Crippen LogP contribution in [0.4, 0.5) is 17.2 Å². The Balaban J connectivity index is 1.16. The number of fused-ring (bicyclic) bond motifs is 1. The van der Waals surface area contributed by atoms with Crippen molar-refractivity contribution in [3.63, 3.8) is 0 Å². The zero-order chi connectivity index (χ0) is 21.6. The predicted octanol–water partition coefficient (Wildman–Crippen LogP) is 4.98. The highest BCUT2D eigenvalue weighted by Crippen LogP contribution is 2.25. The summed E-state index contributed by atoms with van der Waals surface area (Å²) in [5.74, 6) is 0.989. The molecule has 1 fully saturated rings. The number of hydrogen-bond acceptors (Lipinski definition) is 5. The molecular weight excluding hydrogens is 394 g/mol. The minimum Gasteiger partial charge on any atom is -0.353 e. The smallest absolute Gasteiger partial charge is 0.147 e. The molecule has 0 N–H and O–H groups in total. The van der Waals surface area contributed by atoms with E-state index in [9.17, 15) is 0 Å². The number of para-hydroxylation sites is 4. The highest BCUT2D eigenvalue weighted by molar-refractivity contribution is 5.75. The SMILES string of the molecule is c1ccc(N(CCCN2CCN(c3cnc4ccccc4n3)CC2)c2ccccc2)cc1. The van der Waals surface area contributed by atoms with Crippen LogP contribution >= 0.6 is 0 Å². The highest BCUT2D eigenvalue weighted by atomic mass is 15.3. The lowest BCUT2D eigenvalue weighted by Crippen LogP contribution is -2.47. The molecule has 1 aliphatic heterocycles. The molecule has 4 aromatic rings. The minimum absolute atomic E-state index is 0.955. The van der Waals surface area contributed by atoms with Crippen molar-refractivity contribution in [3.8, 4) is 0 Å². The molecule has 1 aromatic heterocycles. The number of anilines is 3. The van der Waals surface area contributed by atoms with Gasteiger partial charge in [0.15, 0.2) is 0 Å². The number of piperazine rings is 1. The van der Waals surface area contributed by atoms with E-state index < -0.39 is 0 Å². The molecule has 1 aliphatic rings. The fourth-order valence-corrected chi connectivity index (χ4v) is 4.38. The van der Waals surface area contributed by atoms with Crippen LogP contribution in [0.1, 0.15) is 6.42 Å². The molecule has 0 spiro atoms. The predicted molar refractivity (Wildman–Crippen MR) is 133 cm³/mol. The third-order valence-electron chi connectivity index (χ3n) is 6.12. The van der Waals surface area contributed by atoms with Gasteiger partial charge in [-0.2, -0.15) is 0 Å². The lowest BCUT2D eigenvalue weighted by molar-refractivity contribution is 0.256. The molecule has 3 aromatic carbocycles. The van der Waals surface area contributed by atoms with E-state index in [0.29, 0.717) is 0 Å². The van der Waals surface area contributed by atoms with Gasteiger partial charge < -0.3 is 9.80 Å². The molecule has 0 unspecified atom stereocenters. The van der Waals surface area contributed by atoms with E-state index in [0.717, 1.165) is 62.5 Å². The van der Waals surface area contributed by atoms with Gasteiger partial charge in [-0.05, 0) is 49.4 Å². The maximum absolute atomic E-state index is 4.81. The first-order valence-corrected chi connectivity index (χ1v) is 11.4. The summed E-state index contributed by atoms with van der Waals surface area (Å²) >= 11 is 0. The summed E-state index contributed by atoms with van der Waals surface area (Å²) in [4.78, 5) is 16.7. The Morgan fingerprint density at radius 2 is 1.28 bits per heavy atom. The first-order valence-electron chi connectivity index (χ1n) is 11.4. The van der Waals surface area contributed by atoms with E-state index >= 15 is 0 Å². The molecule has 1 saturated heterocycles. The fourth-order valence-electron chi connectivity index (χ4n) is 4.38. The monoisotopic (exact) mass is 423 g/mol. The van der Waals surface area contributed by atoms with Gasteiger partial charge in [0.1, 0.15) is 5.82 Å². The second-order valence-corrected chi connectivity index (χ2v) is 8.22. The first kappa shape index (κ1) is 20.5. The summed E-state index contributed by atoms with van der Waals surface area (Å²) < 4.78 is 0. The molecule has 0 radical (unpaired) electrons. The summed E-state index contributed by atoms with van der Waals surface area (Å²) in [6.45, 7) is 6.22. The van der Waals surface area contributed by atoms with Crippen LogP contribution in [0.15, 0.2) is 91.1 Å². The summed E-state index contributed by atoms with van der Waals surface area (Å²) in [7, 11) is 0. The molecule has 0 bridgehead atoms. The summed E-state index contributed by atoms with van der Waals surface area (Å²) in [5.41, 5.74) is 4.42. The third kappa shape index (κ3) is 4.73. The first-order chi connectivity index (χ1) is 15.9. The maximum Gasteiger partial charge on any atom is 0.147 e. The van der Waals surface area contributed by atoms with Crippen LogP contribution in [0.2, 0.25) is 0 Å². The van der Waals surface area contributed by atoms with Crippen LogP contribution in [0.3, 0.4) is 0 Å². The molecule has 5 rings (SSSR count). The van der Waals surface area contributed by atoms with Crippen LogP contribution in [-0.4, -0.2) is 54.1 Å². The molecule has 0 aliphatic carbocycles. The maximum atomic E-state index is 4.81. The van der Waals surface area contributed by atoms with Crippen LogP contribution < -0.4 is 9.80 Å². The van der Waals surface area contributed by atoms with Crippen molar-refractivity contribution in [2.75, 3.05) is 49.1 Å². The quantitative estimate of drug-likeness (QED) is 0.419. The van der Waals surface area contributed by atoms with Crippen molar-refractivity contribution < 1.29 is 0 Å². The van der Waals surface area contributed by atoms with Gasteiger partial charge in [-0.25, -0.2) is 4.98 Å². The highest BCUT2D eigenvalue weighted by Gasteiger charge is 2.19. The van der Waals surface area contributed by atoms with Crippen LogP contribution in [0.25, 0.3) is 11.0 Å². The van der Waals surface area contributed by atoms with Crippen molar-refractivity contribution in [2.24, 2.45) is 0 Å². The average Bonchev–Trinajstić information content (AvgIpc) is 2.88. The molecule has 0 amide bonds. The number of aromatic nitrogens is 2. The van der Waals surface area contributed by atoms with E-state index in [-0.39, 0.29) is 0 Å². The summed E-state index contributed by atoms with van der Waals surface area (Å²) in [6, 6.07) is 29.4. The van der Waals surface area contributed by atoms with Crippen molar-refractivity contribution in [3.05, 3.63) is 91.1 Å². The van der Waals surface area contributed by atoms with Crippen molar-refractivity contribution in [2.45, 2.75) is 6.42 Å². The molecule has 5 nitrogen and oxygen atoms in total. The number of rotatable bonds is 7. The van der Waals surface area contributed by atoms with Crippen molar-refractivity contribution in [1.82, 2.24) is 14.9 Å². The van der Waals surface area contributed by atoms with Crippen LogP contribution in [-0.2, 0) is 0 Å². The number of hydrogen-bond donors (Lipinski definition) is 0. The molecule has 162 valence electrons. The Kier molecular flexibility index (Phi) is 6.26. The van der Waals surface area contributed by atoms with Gasteiger partial charge in [0.05, 0.1) is 17.2 Å². The van der Waals surface area contributed by atoms with Crippen LogP contribution in [0, 0.1) is 0 Å². The third-order valence-corrected chi connectivity index (χ3v) is 6.12. The van der Waals surface area contributed by atoms with E-state index in [1.165, 1.54) is 11.4 Å². The number of benzene rings is 3. The van der Waals surface area contributed by atoms with Crippen molar-refractivity contribution in [1.29, 1.82) is 0 Å². The molecule has 0 atom stereocenters. The number of nitrogens with zero attached hydrogens (tertiary/aromatic N) is 5. The molecule has 32 heavy (non-hydrogen) atoms. The van der Waals surface area contributed by atoms with E-state index in [1.54, 1.807) is 0 Å². The van der Waals surface area contributed by atoms with Gasteiger partial charge in [-0.15, -0.1) is 0 Å². The largest absolute Gasteiger partial charge is 0.353 e. The molecule has 5 heteroatoms. The van der Waals surface area contributed by atoms with E-state index in [1.807, 2.05) is 30.5 Å². The van der Waals surface area contributed by atoms with Crippen LogP contribution in [0.5, 0.6) is 0 Å². The van der Waals surface area contributed by atoms with Gasteiger partial charge in [0, 0.05) is 44.1 Å². The minimum atomic E-state index is 0.955. The Bertz CT molecular complexity index is 1080. The molecule has 0 saturated carbocycles. The normalized spacial score (nSPS) is 14.6. The standard InChI is InChI=1S/C27H29N5/c1-3-10-23(11-4-1)32(24-12-5-2-6-13-24)17-9-16-30-18-20-31(21-19-30)27-22-28-25-14-7-8-15-26(25)29-27/h1-8,10-15,22H,9,16-21H2. The summed E-state index contributed by atoms with van der Waals surface area (Å²) in [6.07, 6.45) is 3.04. The van der Waals surface area contributed by atoms with Gasteiger partial charge in [0.25, 0.3) is 0 Å². The fraction of sp³-hybridized carbons (Fsp3) is 0.259.